The van der Waals surface area contributed by atoms with E-state index in [1.165, 1.54) is 23.4 Å². The topological polar surface area (TPSA) is 27.7 Å². The van der Waals surface area contributed by atoms with E-state index < -0.39 is 0 Å². The largest absolute Gasteiger partial charge is 0.487 e. The van der Waals surface area contributed by atoms with Crippen molar-refractivity contribution < 1.29 is 9.13 Å². The van der Waals surface area contributed by atoms with Crippen LogP contribution < -0.4 is 15.0 Å². The van der Waals surface area contributed by atoms with Crippen LogP contribution in [0.25, 0.3) is 0 Å². The highest BCUT2D eigenvalue weighted by Gasteiger charge is 2.19. The molecule has 168 valence electrons. The molecule has 1 saturated heterocycles. The Morgan fingerprint density at radius 3 is 2.28 bits per heavy atom. The summed E-state index contributed by atoms with van der Waals surface area (Å²) in [6.45, 7) is 6.78. The lowest BCUT2D eigenvalue weighted by Crippen LogP contribution is -2.46. The number of piperazine rings is 1. The smallest absolute Gasteiger partial charge is 0.143 e. The van der Waals surface area contributed by atoms with E-state index in [4.69, 9.17) is 4.74 Å². The summed E-state index contributed by atoms with van der Waals surface area (Å²) in [7, 11) is 0. The van der Waals surface area contributed by atoms with E-state index in [0.717, 1.165) is 63.5 Å². The molecule has 0 amide bonds. The second-order valence-corrected chi connectivity index (χ2v) is 8.21. The van der Waals surface area contributed by atoms with E-state index in [-0.39, 0.29) is 5.82 Å². The number of halogens is 1. The fourth-order valence-electron chi connectivity index (χ4n) is 4.05. The number of nitrogens with zero attached hydrogens (tertiary/aromatic N) is 2. The number of rotatable bonds is 10. The van der Waals surface area contributed by atoms with Crippen molar-refractivity contribution in [2.24, 2.45) is 0 Å². The summed E-state index contributed by atoms with van der Waals surface area (Å²) < 4.78 is 19.1. The summed E-state index contributed by atoms with van der Waals surface area (Å²) in [6.07, 6.45) is 2.26. The minimum Gasteiger partial charge on any atom is -0.487 e. The van der Waals surface area contributed by atoms with Crippen LogP contribution in [0.1, 0.15) is 18.4 Å². The van der Waals surface area contributed by atoms with Crippen LogP contribution in [0.3, 0.4) is 0 Å². The first-order valence-electron chi connectivity index (χ1n) is 11.5. The van der Waals surface area contributed by atoms with Gasteiger partial charge in [0.25, 0.3) is 0 Å². The Bertz CT molecular complexity index is 941. The molecule has 1 aliphatic heterocycles. The van der Waals surface area contributed by atoms with E-state index in [1.54, 1.807) is 12.1 Å². The maximum absolute atomic E-state index is 13.0. The Hall–Kier alpha value is -3.05. The molecule has 5 heteroatoms. The highest BCUT2D eigenvalue weighted by atomic mass is 19.1. The van der Waals surface area contributed by atoms with E-state index >= 15 is 0 Å². The van der Waals surface area contributed by atoms with E-state index in [1.807, 2.05) is 24.3 Å². The highest BCUT2D eigenvalue weighted by Crippen LogP contribution is 2.29. The number of unbranched alkanes of at least 4 members (excludes halogenated alkanes) is 1. The first-order valence-corrected chi connectivity index (χ1v) is 11.5. The van der Waals surface area contributed by atoms with Crippen LogP contribution in [0.5, 0.6) is 5.75 Å². The molecule has 0 bridgehead atoms. The first-order chi connectivity index (χ1) is 15.8. The minimum atomic E-state index is -0.194. The lowest BCUT2D eigenvalue weighted by molar-refractivity contribution is 0.251. The van der Waals surface area contributed by atoms with E-state index in [0.29, 0.717) is 6.61 Å². The third kappa shape index (κ3) is 6.47. The maximum atomic E-state index is 13.0. The molecular formula is C27H32FN3O. The standard InChI is InChI=1S/C27H32FN3O/c28-24-12-14-25(15-13-24)29-16-6-7-17-30-18-20-31(21-19-30)26-10-4-5-11-27(26)32-22-23-8-2-1-3-9-23/h1-5,8-15,29H,6-7,16-22H2. The quantitative estimate of drug-likeness (QED) is 0.432. The lowest BCUT2D eigenvalue weighted by atomic mass is 10.2. The van der Waals surface area contributed by atoms with Crippen LogP contribution in [-0.4, -0.2) is 44.2 Å². The van der Waals surface area contributed by atoms with Crippen molar-refractivity contribution in [1.82, 2.24) is 4.90 Å². The van der Waals surface area contributed by atoms with Crippen molar-refractivity contribution in [3.8, 4) is 5.75 Å². The first kappa shape index (κ1) is 22.2. The summed E-state index contributed by atoms with van der Waals surface area (Å²) >= 11 is 0. The van der Waals surface area contributed by atoms with Gasteiger partial charge in [0.2, 0.25) is 0 Å². The van der Waals surface area contributed by atoms with Gasteiger partial charge in [-0.25, -0.2) is 4.39 Å². The van der Waals surface area contributed by atoms with Gasteiger partial charge in [-0.3, -0.25) is 4.90 Å². The fraction of sp³-hybridized carbons (Fsp3) is 0.333. The van der Waals surface area contributed by atoms with Crippen LogP contribution in [0.4, 0.5) is 15.8 Å². The molecule has 1 N–H and O–H groups in total. The number of benzene rings is 3. The number of ether oxygens (including phenoxy) is 1. The van der Waals surface area contributed by atoms with Gasteiger partial charge in [-0.1, -0.05) is 42.5 Å². The summed E-state index contributed by atoms with van der Waals surface area (Å²) in [5.41, 5.74) is 3.35. The number of anilines is 2. The third-order valence-corrected chi connectivity index (χ3v) is 5.89. The number of nitrogens with one attached hydrogen (secondary N) is 1. The molecule has 3 aromatic rings. The van der Waals surface area contributed by atoms with E-state index in [9.17, 15) is 4.39 Å². The minimum absolute atomic E-state index is 0.194. The molecule has 0 atom stereocenters. The van der Waals surface area contributed by atoms with Gasteiger partial charge in [0.05, 0.1) is 5.69 Å². The Kier molecular flexibility index (Phi) is 7.99. The fourth-order valence-corrected chi connectivity index (χ4v) is 4.05. The van der Waals surface area contributed by atoms with Crippen molar-refractivity contribution in [2.45, 2.75) is 19.4 Å². The van der Waals surface area contributed by atoms with Gasteiger partial charge in [0, 0.05) is 38.4 Å². The highest BCUT2D eigenvalue weighted by molar-refractivity contribution is 5.58. The molecule has 32 heavy (non-hydrogen) atoms. The Morgan fingerprint density at radius 1 is 0.781 bits per heavy atom. The van der Waals surface area contributed by atoms with Gasteiger partial charge < -0.3 is 15.0 Å². The predicted octanol–water partition coefficient (Wildman–Crippen LogP) is 5.42. The Balaban J connectivity index is 1.18. The number of hydrogen-bond acceptors (Lipinski definition) is 4. The van der Waals surface area contributed by atoms with Gasteiger partial charge in [-0.2, -0.15) is 0 Å². The zero-order valence-corrected chi connectivity index (χ0v) is 18.6. The van der Waals surface area contributed by atoms with Crippen LogP contribution in [0.2, 0.25) is 0 Å². The average Bonchev–Trinajstić information content (AvgIpc) is 2.85. The van der Waals surface area contributed by atoms with Gasteiger partial charge >= 0.3 is 0 Å². The van der Waals surface area contributed by atoms with Crippen molar-refractivity contribution in [2.75, 3.05) is 49.5 Å². The second kappa shape index (κ2) is 11.5. The summed E-state index contributed by atoms with van der Waals surface area (Å²) in [5.74, 6) is 0.761. The molecule has 1 fully saturated rings. The normalized spacial score (nSPS) is 14.3. The summed E-state index contributed by atoms with van der Waals surface area (Å²) in [5, 5.41) is 3.36. The van der Waals surface area contributed by atoms with Crippen LogP contribution in [0.15, 0.2) is 78.9 Å². The Labute approximate surface area is 190 Å². The molecule has 0 unspecified atom stereocenters. The molecule has 0 spiro atoms. The van der Waals surface area contributed by atoms with Crippen molar-refractivity contribution in [3.05, 3.63) is 90.2 Å². The zero-order valence-electron chi connectivity index (χ0n) is 18.6. The molecular weight excluding hydrogens is 401 g/mol. The van der Waals surface area contributed by atoms with Crippen LogP contribution in [-0.2, 0) is 6.61 Å². The van der Waals surface area contributed by atoms with E-state index in [2.05, 4.69) is 45.4 Å². The summed E-state index contributed by atoms with van der Waals surface area (Å²) in [6, 6.07) is 25.2. The molecule has 0 saturated carbocycles. The monoisotopic (exact) mass is 433 g/mol. The Morgan fingerprint density at radius 2 is 1.50 bits per heavy atom. The zero-order chi connectivity index (χ0) is 22.0. The maximum Gasteiger partial charge on any atom is 0.143 e. The molecule has 0 radical (unpaired) electrons. The van der Waals surface area contributed by atoms with Gasteiger partial charge in [0.1, 0.15) is 18.2 Å². The van der Waals surface area contributed by atoms with Crippen molar-refractivity contribution >= 4 is 11.4 Å². The van der Waals surface area contributed by atoms with Gasteiger partial charge in [-0.05, 0) is 61.3 Å². The molecule has 3 aromatic carbocycles. The molecule has 1 heterocycles. The molecule has 0 aliphatic carbocycles. The van der Waals surface area contributed by atoms with Gasteiger partial charge in [-0.15, -0.1) is 0 Å². The predicted molar refractivity (Wildman–Crippen MR) is 130 cm³/mol. The average molecular weight is 434 g/mol. The van der Waals surface area contributed by atoms with Gasteiger partial charge in [0.15, 0.2) is 0 Å². The van der Waals surface area contributed by atoms with Crippen molar-refractivity contribution in [3.63, 3.8) is 0 Å². The molecule has 1 aliphatic rings. The number of para-hydroxylation sites is 2. The SMILES string of the molecule is Fc1ccc(NCCCCN2CCN(c3ccccc3OCc3ccccc3)CC2)cc1. The lowest BCUT2D eigenvalue weighted by Gasteiger charge is -2.36. The van der Waals surface area contributed by atoms with Crippen molar-refractivity contribution in [1.29, 1.82) is 0 Å². The van der Waals surface area contributed by atoms with Crippen LogP contribution in [0, 0.1) is 5.82 Å². The number of hydrogen-bond donors (Lipinski definition) is 1. The molecule has 0 aromatic heterocycles. The molecule has 4 nitrogen and oxygen atoms in total. The summed E-state index contributed by atoms with van der Waals surface area (Å²) in [4.78, 5) is 4.98. The van der Waals surface area contributed by atoms with Crippen LogP contribution >= 0.6 is 0 Å². The third-order valence-electron chi connectivity index (χ3n) is 5.89. The molecule has 4 rings (SSSR count). The second-order valence-electron chi connectivity index (χ2n) is 8.21.